The number of hydrogen-bond acceptors (Lipinski definition) is 4. The summed E-state index contributed by atoms with van der Waals surface area (Å²) in [5.74, 6) is 0.187. The summed E-state index contributed by atoms with van der Waals surface area (Å²) < 4.78 is 24.4. The molecule has 6 heteroatoms. The lowest BCUT2D eigenvalue weighted by molar-refractivity contribution is -0.134. The molecule has 2 aliphatic heterocycles. The van der Waals surface area contributed by atoms with Crippen LogP contribution in [0.5, 0.6) is 0 Å². The fourth-order valence-corrected chi connectivity index (χ4v) is 5.95. The summed E-state index contributed by atoms with van der Waals surface area (Å²) in [6.45, 7) is 3.36. The van der Waals surface area contributed by atoms with Gasteiger partial charge in [-0.2, -0.15) is 11.8 Å². The number of carbonyl (C=O) groups excluding carboxylic acids is 1. The van der Waals surface area contributed by atoms with Crippen LogP contribution in [0.25, 0.3) is 0 Å². The Labute approximate surface area is 155 Å². The molecule has 0 spiro atoms. The molecular weight excluding hydrogens is 354 g/mol. The van der Waals surface area contributed by atoms with E-state index in [0.29, 0.717) is 28.6 Å². The minimum Gasteiger partial charge on any atom is -0.336 e. The molecule has 1 amide bonds. The molecule has 0 aliphatic carbocycles. The Hall–Kier alpha value is -1.01. The van der Waals surface area contributed by atoms with Crippen LogP contribution >= 0.6 is 11.8 Å². The number of piperidine rings is 1. The van der Waals surface area contributed by atoms with Crippen LogP contribution in [0.3, 0.4) is 0 Å². The van der Waals surface area contributed by atoms with Crippen LogP contribution in [0, 0.1) is 0 Å². The van der Waals surface area contributed by atoms with E-state index in [-0.39, 0.29) is 5.91 Å². The first-order valence-corrected chi connectivity index (χ1v) is 11.8. The third kappa shape index (κ3) is 3.75. The molecule has 0 N–H and O–H groups in total. The van der Waals surface area contributed by atoms with Gasteiger partial charge in [-0.3, -0.25) is 4.79 Å². The summed E-state index contributed by atoms with van der Waals surface area (Å²) in [5, 5.41) is 0.246. The lowest BCUT2D eigenvalue weighted by Crippen LogP contribution is -2.47. The monoisotopic (exact) mass is 381 g/mol. The second-order valence-corrected chi connectivity index (χ2v) is 11.1. The normalized spacial score (nSPS) is 26.2. The van der Waals surface area contributed by atoms with Crippen LogP contribution in [0.2, 0.25) is 0 Å². The maximum atomic E-state index is 12.8. The van der Waals surface area contributed by atoms with E-state index in [0.717, 1.165) is 31.2 Å². The Morgan fingerprint density at radius 1 is 1.16 bits per heavy atom. The molecule has 0 radical (unpaired) electrons. The number of rotatable bonds is 5. The van der Waals surface area contributed by atoms with E-state index in [4.69, 9.17) is 0 Å². The highest BCUT2D eigenvalue weighted by Crippen LogP contribution is 2.39. The molecule has 1 aromatic rings. The Morgan fingerprint density at radius 2 is 1.72 bits per heavy atom. The van der Waals surface area contributed by atoms with Gasteiger partial charge in [-0.25, -0.2) is 8.42 Å². The SMILES string of the molecule is CSC1CC2CCC(C1)N2C(=O)Cc1ccc(S(=O)(=O)C(C)C)cc1. The molecule has 0 aromatic heterocycles. The number of carbonyl (C=O) groups is 1. The van der Waals surface area contributed by atoms with Crippen molar-refractivity contribution in [2.24, 2.45) is 0 Å². The molecule has 138 valence electrons. The summed E-state index contributed by atoms with van der Waals surface area (Å²) in [6.07, 6.45) is 6.98. The molecule has 2 saturated heterocycles. The van der Waals surface area contributed by atoms with Crippen molar-refractivity contribution in [1.82, 2.24) is 4.90 Å². The number of benzene rings is 1. The summed E-state index contributed by atoms with van der Waals surface area (Å²) in [6, 6.07) is 7.61. The van der Waals surface area contributed by atoms with Gasteiger partial charge < -0.3 is 4.90 Å². The van der Waals surface area contributed by atoms with Gasteiger partial charge in [-0.05, 0) is 63.5 Å². The average Bonchev–Trinajstić information content (AvgIpc) is 2.85. The van der Waals surface area contributed by atoms with Gasteiger partial charge >= 0.3 is 0 Å². The van der Waals surface area contributed by atoms with Gasteiger partial charge in [-0.15, -0.1) is 0 Å². The molecule has 0 saturated carbocycles. The fraction of sp³-hybridized carbons (Fsp3) is 0.632. The quantitative estimate of drug-likeness (QED) is 0.785. The number of thioether (sulfide) groups is 1. The minimum atomic E-state index is -3.26. The Kier molecular flexibility index (Phi) is 5.49. The number of hydrogen-bond donors (Lipinski definition) is 0. The molecule has 2 unspecified atom stereocenters. The average molecular weight is 382 g/mol. The van der Waals surface area contributed by atoms with E-state index in [1.165, 1.54) is 0 Å². The molecule has 4 nitrogen and oxygen atoms in total. The highest BCUT2D eigenvalue weighted by molar-refractivity contribution is 7.99. The van der Waals surface area contributed by atoms with Crippen LogP contribution in [-0.4, -0.2) is 48.1 Å². The number of fused-ring (bicyclic) bond motifs is 2. The van der Waals surface area contributed by atoms with E-state index in [2.05, 4.69) is 11.2 Å². The standard InChI is InChI=1S/C19H27NO3S2/c1-13(2)25(22,23)18-8-4-14(5-9-18)10-19(21)20-15-6-7-16(20)12-17(11-15)24-3/h4-5,8-9,13,15-17H,6-7,10-12H2,1-3H3. The van der Waals surface area contributed by atoms with Gasteiger partial charge in [0.1, 0.15) is 0 Å². The van der Waals surface area contributed by atoms with E-state index < -0.39 is 15.1 Å². The molecule has 3 rings (SSSR count). The van der Waals surface area contributed by atoms with Gasteiger partial charge in [0.25, 0.3) is 0 Å². The predicted molar refractivity (Wildman–Crippen MR) is 103 cm³/mol. The summed E-state index contributed by atoms with van der Waals surface area (Å²) in [4.78, 5) is 15.3. The third-order valence-electron chi connectivity index (χ3n) is 5.54. The molecule has 2 bridgehead atoms. The molecular formula is C19H27NO3S2. The highest BCUT2D eigenvalue weighted by Gasteiger charge is 2.42. The fourth-order valence-electron chi connectivity index (χ4n) is 4.06. The first-order chi connectivity index (χ1) is 11.8. The van der Waals surface area contributed by atoms with Crippen LogP contribution in [0.15, 0.2) is 29.2 Å². The Morgan fingerprint density at radius 3 is 2.20 bits per heavy atom. The van der Waals surface area contributed by atoms with Crippen molar-refractivity contribution in [3.8, 4) is 0 Å². The van der Waals surface area contributed by atoms with E-state index in [1.807, 2.05) is 11.8 Å². The van der Waals surface area contributed by atoms with Crippen molar-refractivity contribution in [3.05, 3.63) is 29.8 Å². The zero-order chi connectivity index (χ0) is 18.2. The van der Waals surface area contributed by atoms with Crippen LogP contribution in [0.1, 0.15) is 45.1 Å². The Balaban J connectivity index is 1.68. The van der Waals surface area contributed by atoms with E-state index in [1.54, 1.807) is 38.1 Å². The molecule has 2 fully saturated rings. The van der Waals surface area contributed by atoms with Crippen molar-refractivity contribution in [1.29, 1.82) is 0 Å². The second-order valence-electron chi connectivity index (χ2n) is 7.43. The molecule has 25 heavy (non-hydrogen) atoms. The smallest absolute Gasteiger partial charge is 0.227 e. The van der Waals surface area contributed by atoms with Gasteiger partial charge in [0.05, 0.1) is 16.6 Å². The summed E-state index contributed by atoms with van der Waals surface area (Å²) >= 11 is 1.92. The Bertz CT molecular complexity index is 714. The van der Waals surface area contributed by atoms with Gasteiger partial charge in [0.2, 0.25) is 5.91 Å². The lowest BCUT2D eigenvalue weighted by atomic mass is 10.0. The second kappa shape index (κ2) is 7.31. The van der Waals surface area contributed by atoms with Crippen molar-refractivity contribution >= 4 is 27.5 Å². The van der Waals surface area contributed by atoms with E-state index in [9.17, 15) is 13.2 Å². The molecule has 2 atom stereocenters. The van der Waals surface area contributed by atoms with Crippen LogP contribution in [-0.2, 0) is 21.1 Å². The van der Waals surface area contributed by atoms with Gasteiger partial charge in [0, 0.05) is 17.3 Å². The first-order valence-electron chi connectivity index (χ1n) is 8.99. The van der Waals surface area contributed by atoms with Crippen LogP contribution < -0.4 is 0 Å². The number of nitrogens with zero attached hydrogens (tertiary/aromatic N) is 1. The summed E-state index contributed by atoms with van der Waals surface area (Å²) in [7, 11) is -3.26. The topological polar surface area (TPSA) is 54.5 Å². The van der Waals surface area contributed by atoms with Crippen molar-refractivity contribution in [2.45, 2.75) is 73.4 Å². The maximum Gasteiger partial charge on any atom is 0.227 e. The predicted octanol–water partition coefficient (Wildman–Crippen LogP) is 3.30. The van der Waals surface area contributed by atoms with Crippen molar-refractivity contribution in [3.63, 3.8) is 0 Å². The first kappa shape index (κ1) is 18.8. The van der Waals surface area contributed by atoms with Gasteiger partial charge in [-0.1, -0.05) is 12.1 Å². The van der Waals surface area contributed by atoms with E-state index >= 15 is 0 Å². The van der Waals surface area contributed by atoms with Crippen molar-refractivity contribution < 1.29 is 13.2 Å². The van der Waals surface area contributed by atoms with Crippen LogP contribution in [0.4, 0.5) is 0 Å². The van der Waals surface area contributed by atoms with Gasteiger partial charge in [0.15, 0.2) is 9.84 Å². The number of sulfone groups is 1. The minimum absolute atomic E-state index is 0.187. The summed E-state index contributed by atoms with van der Waals surface area (Å²) in [5.41, 5.74) is 0.888. The molecule has 2 aliphatic rings. The third-order valence-corrected chi connectivity index (χ3v) is 8.76. The highest BCUT2D eigenvalue weighted by atomic mass is 32.2. The molecule has 2 heterocycles. The zero-order valence-corrected chi connectivity index (χ0v) is 16.8. The largest absolute Gasteiger partial charge is 0.336 e. The van der Waals surface area contributed by atoms with Crippen molar-refractivity contribution in [2.75, 3.05) is 6.26 Å². The molecule has 1 aromatic carbocycles. The zero-order valence-electron chi connectivity index (χ0n) is 15.1. The lowest BCUT2D eigenvalue weighted by Gasteiger charge is -2.38. The number of amides is 1. The maximum absolute atomic E-state index is 12.8.